The van der Waals surface area contributed by atoms with Crippen LogP contribution >= 0.6 is 11.8 Å². The maximum absolute atomic E-state index is 13.7. The van der Waals surface area contributed by atoms with E-state index in [0.29, 0.717) is 44.8 Å². The molecule has 0 bridgehead atoms. The molecule has 0 spiro atoms. The van der Waals surface area contributed by atoms with Gasteiger partial charge in [0.2, 0.25) is 0 Å². The van der Waals surface area contributed by atoms with Crippen LogP contribution in [0.1, 0.15) is 41.8 Å². The van der Waals surface area contributed by atoms with Gasteiger partial charge in [0.05, 0.1) is 33.8 Å². The molecule has 0 saturated heterocycles. The van der Waals surface area contributed by atoms with Gasteiger partial charge in [0.1, 0.15) is 0 Å². The second-order valence-electron chi connectivity index (χ2n) is 9.65. The van der Waals surface area contributed by atoms with Crippen LogP contribution in [0.4, 0.5) is 26.3 Å². The van der Waals surface area contributed by atoms with Gasteiger partial charge in [-0.05, 0) is 73.2 Å². The Morgan fingerprint density at radius 1 is 0.976 bits per heavy atom. The number of aliphatic imine (C=N–C) groups is 1. The van der Waals surface area contributed by atoms with Gasteiger partial charge in [0.15, 0.2) is 5.17 Å². The molecule has 3 aromatic rings. The summed E-state index contributed by atoms with van der Waals surface area (Å²) < 4.78 is 81.5. The predicted octanol–water partition coefficient (Wildman–Crippen LogP) is 6.67. The first-order chi connectivity index (χ1) is 19.2. The molecule has 0 unspecified atom stereocenters. The van der Waals surface area contributed by atoms with Crippen LogP contribution in [0, 0.1) is 6.92 Å². The van der Waals surface area contributed by atoms with Gasteiger partial charge in [0, 0.05) is 25.5 Å². The van der Waals surface area contributed by atoms with Crippen molar-refractivity contribution in [2.45, 2.75) is 39.7 Å². The highest BCUT2D eigenvalue weighted by Crippen LogP contribution is 2.38. The van der Waals surface area contributed by atoms with Gasteiger partial charge in [-0.3, -0.25) is 9.48 Å². The number of hydrogen-bond donors (Lipinski definition) is 0. The minimum absolute atomic E-state index is 0.131. The van der Waals surface area contributed by atoms with Crippen LogP contribution in [-0.2, 0) is 23.7 Å². The number of aryl methyl sites for hydroxylation is 1. The minimum atomic E-state index is -4.97. The molecule has 13 heteroatoms. The topological polar surface area (TPSA) is 53.7 Å². The Bertz CT molecular complexity index is 1500. The van der Waals surface area contributed by atoms with Crippen molar-refractivity contribution in [3.05, 3.63) is 69.3 Å². The number of alkyl halides is 6. The maximum atomic E-state index is 13.7. The normalized spacial score (nSPS) is 15.4. The van der Waals surface area contributed by atoms with Crippen LogP contribution in [0.25, 0.3) is 17.0 Å². The molecule has 6 nitrogen and oxygen atoms in total. The second-order valence-corrected chi connectivity index (χ2v) is 10.7. The summed E-state index contributed by atoms with van der Waals surface area (Å²) in [5.74, 6) is -0.353. The third kappa shape index (κ3) is 6.95. The standard InChI is InChI=1S/C28H29F6N5OS/c1-5-38(6-2)12-11-37(4)26-35-25(40)24(41-26)14-18-7-10-23-21(13-18)17(3)36-39(23)16-19-8-9-20(27(29,30)31)15-22(19)28(32,33)34/h7-10,13-15H,5-6,11-12,16H2,1-4H3/b24-14-. The number of amidine groups is 1. The van der Waals surface area contributed by atoms with Gasteiger partial charge >= 0.3 is 12.4 Å². The molecule has 2 heterocycles. The smallest absolute Gasteiger partial charge is 0.353 e. The van der Waals surface area contributed by atoms with E-state index in [1.807, 2.05) is 11.9 Å². The van der Waals surface area contributed by atoms with E-state index in [4.69, 9.17) is 0 Å². The van der Waals surface area contributed by atoms with Gasteiger partial charge in [-0.25, -0.2) is 0 Å². The summed E-state index contributed by atoms with van der Waals surface area (Å²) in [4.78, 5) is 21.4. The van der Waals surface area contributed by atoms with Gasteiger partial charge in [0.25, 0.3) is 5.91 Å². The van der Waals surface area contributed by atoms with Crippen molar-refractivity contribution in [3.63, 3.8) is 0 Å². The third-order valence-electron chi connectivity index (χ3n) is 6.90. The Labute approximate surface area is 237 Å². The molecule has 1 amide bonds. The molecule has 41 heavy (non-hydrogen) atoms. The highest BCUT2D eigenvalue weighted by molar-refractivity contribution is 8.18. The van der Waals surface area contributed by atoms with Crippen molar-refractivity contribution in [1.29, 1.82) is 0 Å². The van der Waals surface area contributed by atoms with E-state index >= 15 is 0 Å². The number of amides is 1. The Hall–Kier alpha value is -3.32. The number of aromatic nitrogens is 2. The largest absolute Gasteiger partial charge is 0.416 e. The summed E-state index contributed by atoms with van der Waals surface area (Å²) in [5, 5.41) is 5.61. The van der Waals surface area contributed by atoms with Crippen LogP contribution in [0.5, 0.6) is 0 Å². The van der Waals surface area contributed by atoms with Crippen LogP contribution in [0.2, 0.25) is 0 Å². The fourth-order valence-corrected chi connectivity index (χ4v) is 5.42. The Morgan fingerprint density at radius 2 is 1.68 bits per heavy atom. The summed E-state index contributed by atoms with van der Waals surface area (Å²) in [6.07, 6.45) is -8.17. The summed E-state index contributed by atoms with van der Waals surface area (Å²) in [6.45, 7) is 8.91. The number of carbonyl (C=O) groups is 1. The maximum Gasteiger partial charge on any atom is 0.416 e. The molecule has 0 saturated carbocycles. The lowest BCUT2D eigenvalue weighted by Gasteiger charge is -2.23. The second kappa shape index (κ2) is 11.9. The van der Waals surface area contributed by atoms with Crippen LogP contribution in [0.3, 0.4) is 0 Å². The van der Waals surface area contributed by atoms with E-state index in [1.54, 1.807) is 31.2 Å². The van der Waals surface area contributed by atoms with E-state index in [0.717, 1.165) is 25.7 Å². The zero-order chi connectivity index (χ0) is 30.1. The molecule has 220 valence electrons. The Balaban J connectivity index is 1.56. The molecule has 1 aliphatic rings. The highest BCUT2D eigenvalue weighted by Gasteiger charge is 2.38. The Morgan fingerprint density at radius 3 is 2.32 bits per heavy atom. The van der Waals surface area contributed by atoms with E-state index in [1.165, 1.54) is 16.4 Å². The molecular formula is C28H29F6N5OS. The molecule has 0 radical (unpaired) electrons. The van der Waals surface area contributed by atoms with Crippen molar-refractivity contribution in [1.82, 2.24) is 19.6 Å². The first-order valence-corrected chi connectivity index (χ1v) is 13.7. The van der Waals surface area contributed by atoms with Crippen molar-refractivity contribution in [2.24, 2.45) is 4.99 Å². The zero-order valence-electron chi connectivity index (χ0n) is 22.9. The lowest BCUT2D eigenvalue weighted by molar-refractivity contribution is -0.143. The summed E-state index contributed by atoms with van der Waals surface area (Å²) >= 11 is 1.27. The number of benzene rings is 2. The van der Waals surface area contributed by atoms with E-state index in [2.05, 4.69) is 28.8 Å². The van der Waals surface area contributed by atoms with Crippen molar-refractivity contribution >= 4 is 39.8 Å². The minimum Gasteiger partial charge on any atom is -0.353 e. The van der Waals surface area contributed by atoms with Gasteiger partial charge < -0.3 is 9.80 Å². The molecule has 1 aliphatic heterocycles. The fraction of sp³-hybridized carbons (Fsp3) is 0.393. The summed E-state index contributed by atoms with van der Waals surface area (Å²) in [6, 6.07) is 6.76. The number of fused-ring (bicyclic) bond motifs is 1. The van der Waals surface area contributed by atoms with Crippen LogP contribution < -0.4 is 0 Å². The quantitative estimate of drug-likeness (QED) is 0.214. The number of likely N-dealkylation sites (N-methyl/N-ethyl adjacent to an activating group) is 2. The van der Waals surface area contributed by atoms with Crippen molar-refractivity contribution < 1.29 is 31.1 Å². The zero-order valence-corrected chi connectivity index (χ0v) is 23.7. The number of halogens is 6. The highest BCUT2D eigenvalue weighted by atomic mass is 32.2. The molecule has 0 atom stereocenters. The third-order valence-corrected chi connectivity index (χ3v) is 8.00. The van der Waals surface area contributed by atoms with Gasteiger partial charge in [-0.1, -0.05) is 26.0 Å². The first-order valence-electron chi connectivity index (χ1n) is 12.9. The summed E-state index contributed by atoms with van der Waals surface area (Å²) in [7, 11) is 1.89. The predicted molar refractivity (Wildman–Crippen MR) is 148 cm³/mol. The molecule has 1 aromatic heterocycles. The average Bonchev–Trinajstić information content (AvgIpc) is 3.42. The molecule has 2 aromatic carbocycles. The van der Waals surface area contributed by atoms with Gasteiger partial charge in [-0.2, -0.15) is 36.4 Å². The lowest BCUT2D eigenvalue weighted by atomic mass is 10.0. The molecule has 0 N–H and O–H groups in total. The Kier molecular flexibility index (Phi) is 8.88. The lowest BCUT2D eigenvalue weighted by Crippen LogP contribution is -2.34. The number of thioether (sulfide) groups is 1. The SMILES string of the molecule is CCN(CC)CCN(C)C1=NC(=O)/C(=C/c2ccc3c(c2)c(C)nn3Cc2ccc(C(F)(F)F)cc2C(F)(F)F)S1. The monoisotopic (exact) mass is 597 g/mol. The molecule has 4 rings (SSSR count). The fourth-order valence-electron chi connectivity index (χ4n) is 4.52. The van der Waals surface area contributed by atoms with E-state index in [-0.39, 0.29) is 24.1 Å². The van der Waals surface area contributed by atoms with Gasteiger partial charge in [-0.15, -0.1) is 0 Å². The van der Waals surface area contributed by atoms with Crippen molar-refractivity contribution in [3.8, 4) is 0 Å². The molecular weight excluding hydrogens is 568 g/mol. The summed E-state index contributed by atoms with van der Waals surface area (Å²) in [5.41, 5.74) is -1.33. The van der Waals surface area contributed by atoms with Crippen LogP contribution in [0.15, 0.2) is 46.3 Å². The molecule has 0 fully saturated rings. The van der Waals surface area contributed by atoms with E-state index < -0.39 is 23.5 Å². The number of nitrogens with zero attached hydrogens (tertiary/aromatic N) is 5. The number of hydrogen-bond acceptors (Lipinski definition) is 5. The van der Waals surface area contributed by atoms with E-state index in [9.17, 15) is 31.1 Å². The number of rotatable bonds is 8. The number of carbonyl (C=O) groups excluding carboxylic acids is 1. The molecule has 0 aliphatic carbocycles. The average molecular weight is 598 g/mol. The van der Waals surface area contributed by atoms with Crippen molar-refractivity contribution in [2.75, 3.05) is 33.2 Å². The first kappa shape index (κ1) is 30.6. The van der Waals surface area contributed by atoms with Crippen LogP contribution in [-0.4, -0.2) is 63.9 Å².